The Morgan fingerprint density at radius 3 is 2.94 bits per heavy atom. The highest BCUT2D eigenvalue weighted by Gasteiger charge is 2.07. The van der Waals surface area contributed by atoms with Crippen molar-refractivity contribution in [3.63, 3.8) is 0 Å². The molecule has 17 heavy (non-hydrogen) atoms. The van der Waals surface area contributed by atoms with Crippen LogP contribution in [0.4, 0.5) is 0 Å². The molecule has 0 spiro atoms. The van der Waals surface area contributed by atoms with Gasteiger partial charge in [0.2, 0.25) is 0 Å². The van der Waals surface area contributed by atoms with E-state index >= 15 is 0 Å². The third-order valence-electron chi connectivity index (χ3n) is 2.79. The summed E-state index contributed by atoms with van der Waals surface area (Å²) in [6.07, 6.45) is 3.63. The molecule has 1 unspecified atom stereocenters. The van der Waals surface area contributed by atoms with Crippen LogP contribution in [0.15, 0.2) is 23.3 Å². The lowest BCUT2D eigenvalue weighted by atomic mass is 10.2. The standard InChI is InChI=1S/C12H18N4O/c1-9(7-13-3)8-15-4-5-16-11(12(15)17)6-10(2)14-16/h4-6,9,13H,7-8H2,1-3H3. The average molecular weight is 234 g/mol. The summed E-state index contributed by atoms with van der Waals surface area (Å²) in [4.78, 5) is 12.2. The highest BCUT2D eigenvalue weighted by Crippen LogP contribution is 2.02. The van der Waals surface area contributed by atoms with E-state index < -0.39 is 0 Å². The molecule has 0 aromatic carbocycles. The van der Waals surface area contributed by atoms with Crippen molar-refractivity contribution in [3.8, 4) is 0 Å². The molecule has 1 N–H and O–H groups in total. The van der Waals surface area contributed by atoms with Crippen molar-refractivity contribution in [2.45, 2.75) is 20.4 Å². The normalized spacial score (nSPS) is 13.1. The van der Waals surface area contributed by atoms with Crippen LogP contribution >= 0.6 is 0 Å². The Hall–Kier alpha value is -1.62. The molecule has 5 nitrogen and oxygen atoms in total. The molecular weight excluding hydrogens is 216 g/mol. The van der Waals surface area contributed by atoms with Crippen LogP contribution in [0.3, 0.4) is 0 Å². The van der Waals surface area contributed by atoms with Crippen LogP contribution in [0.5, 0.6) is 0 Å². The molecule has 92 valence electrons. The number of fused-ring (bicyclic) bond motifs is 1. The Morgan fingerprint density at radius 2 is 2.24 bits per heavy atom. The van der Waals surface area contributed by atoms with E-state index in [-0.39, 0.29) is 5.56 Å². The summed E-state index contributed by atoms with van der Waals surface area (Å²) >= 11 is 0. The number of hydrogen-bond donors (Lipinski definition) is 1. The van der Waals surface area contributed by atoms with Gasteiger partial charge in [0.1, 0.15) is 5.52 Å². The van der Waals surface area contributed by atoms with E-state index in [0.29, 0.717) is 11.4 Å². The molecule has 0 saturated carbocycles. The molecule has 0 bridgehead atoms. The van der Waals surface area contributed by atoms with Gasteiger partial charge in [-0.25, -0.2) is 4.52 Å². The summed E-state index contributed by atoms with van der Waals surface area (Å²) in [6.45, 7) is 5.63. The Labute approximate surface area is 100 Å². The Balaban J connectivity index is 2.35. The van der Waals surface area contributed by atoms with Crippen LogP contribution in [0.25, 0.3) is 5.52 Å². The summed E-state index contributed by atoms with van der Waals surface area (Å²) in [5.41, 5.74) is 1.53. The van der Waals surface area contributed by atoms with Crippen molar-refractivity contribution in [3.05, 3.63) is 34.5 Å². The van der Waals surface area contributed by atoms with E-state index in [4.69, 9.17) is 0 Å². The molecule has 1 atom stereocenters. The first-order valence-corrected chi connectivity index (χ1v) is 5.82. The van der Waals surface area contributed by atoms with E-state index in [2.05, 4.69) is 17.3 Å². The summed E-state index contributed by atoms with van der Waals surface area (Å²) in [5.74, 6) is 0.421. The third-order valence-corrected chi connectivity index (χ3v) is 2.79. The van der Waals surface area contributed by atoms with E-state index in [9.17, 15) is 4.79 Å². The van der Waals surface area contributed by atoms with Crippen molar-refractivity contribution >= 4 is 5.52 Å². The topological polar surface area (TPSA) is 51.3 Å². The first kappa shape index (κ1) is 11.9. The lowest BCUT2D eigenvalue weighted by Gasteiger charge is -2.12. The summed E-state index contributed by atoms with van der Waals surface area (Å²) in [7, 11) is 1.92. The second-order valence-corrected chi connectivity index (χ2v) is 4.53. The van der Waals surface area contributed by atoms with Crippen LogP contribution in [-0.2, 0) is 6.54 Å². The van der Waals surface area contributed by atoms with E-state index in [1.807, 2.05) is 26.2 Å². The van der Waals surface area contributed by atoms with Gasteiger partial charge >= 0.3 is 0 Å². The number of rotatable bonds is 4. The van der Waals surface area contributed by atoms with Crippen LogP contribution < -0.4 is 10.9 Å². The summed E-state index contributed by atoms with van der Waals surface area (Å²) in [6, 6.07) is 1.82. The first-order valence-electron chi connectivity index (χ1n) is 5.82. The lowest BCUT2D eigenvalue weighted by molar-refractivity contribution is 0.454. The van der Waals surface area contributed by atoms with Crippen molar-refractivity contribution < 1.29 is 0 Å². The lowest BCUT2D eigenvalue weighted by Crippen LogP contribution is -2.28. The fourth-order valence-electron chi connectivity index (χ4n) is 2.04. The Bertz CT molecular complexity index is 569. The van der Waals surface area contributed by atoms with Gasteiger partial charge in [0, 0.05) is 18.9 Å². The molecule has 0 aliphatic carbocycles. The van der Waals surface area contributed by atoms with E-state index in [1.165, 1.54) is 0 Å². The fraction of sp³-hybridized carbons (Fsp3) is 0.500. The molecule has 0 aliphatic heterocycles. The van der Waals surface area contributed by atoms with Crippen molar-refractivity contribution in [2.24, 2.45) is 5.92 Å². The van der Waals surface area contributed by atoms with Crippen molar-refractivity contribution in [2.75, 3.05) is 13.6 Å². The molecule has 2 aromatic rings. The smallest absolute Gasteiger partial charge is 0.276 e. The number of aryl methyl sites for hydroxylation is 1. The maximum atomic E-state index is 12.2. The zero-order valence-electron chi connectivity index (χ0n) is 10.5. The fourth-order valence-corrected chi connectivity index (χ4v) is 2.04. The number of hydrogen-bond acceptors (Lipinski definition) is 3. The quantitative estimate of drug-likeness (QED) is 0.845. The number of nitrogens with one attached hydrogen (secondary N) is 1. The second kappa shape index (κ2) is 4.71. The van der Waals surface area contributed by atoms with Gasteiger partial charge in [0.15, 0.2) is 0 Å². The maximum absolute atomic E-state index is 12.2. The minimum absolute atomic E-state index is 0.0241. The van der Waals surface area contributed by atoms with Crippen LogP contribution in [-0.4, -0.2) is 27.8 Å². The minimum atomic E-state index is 0.0241. The molecule has 0 amide bonds. The van der Waals surface area contributed by atoms with Crippen LogP contribution in [0.1, 0.15) is 12.6 Å². The minimum Gasteiger partial charge on any atom is -0.319 e. The Morgan fingerprint density at radius 1 is 1.47 bits per heavy atom. The zero-order valence-corrected chi connectivity index (χ0v) is 10.5. The average Bonchev–Trinajstić information content (AvgIpc) is 2.64. The zero-order chi connectivity index (χ0) is 12.4. The number of aromatic nitrogens is 3. The van der Waals surface area contributed by atoms with Crippen LogP contribution in [0, 0.1) is 12.8 Å². The van der Waals surface area contributed by atoms with Crippen molar-refractivity contribution in [1.82, 2.24) is 19.5 Å². The first-order chi connectivity index (χ1) is 8.11. The SMILES string of the molecule is CNCC(C)Cn1ccn2nc(C)cc2c1=O. The summed E-state index contributed by atoms with van der Waals surface area (Å²) in [5, 5.41) is 7.34. The van der Waals surface area contributed by atoms with Crippen LogP contribution in [0.2, 0.25) is 0 Å². The second-order valence-electron chi connectivity index (χ2n) is 4.53. The monoisotopic (exact) mass is 234 g/mol. The van der Waals surface area contributed by atoms with Gasteiger partial charge in [-0.05, 0) is 32.5 Å². The highest BCUT2D eigenvalue weighted by atomic mass is 16.1. The van der Waals surface area contributed by atoms with E-state index in [0.717, 1.165) is 18.8 Å². The highest BCUT2D eigenvalue weighted by molar-refractivity contribution is 5.44. The third kappa shape index (κ3) is 2.39. The summed E-state index contributed by atoms with van der Waals surface area (Å²) < 4.78 is 3.38. The molecule has 5 heteroatoms. The number of nitrogens with zero attached hydrogens (tertiary/aromatic N) is 3. The van der Waals surface area contributed by atoms with Gasteiger partial charge in [-0.1, -0.05) is 6.92 Å². The predicted octanol–water partition coefficient (Wildman–Crippen LogP) is 0.660. The molecule has 2 rings (SSSR count). The van der Waals surface area contributed by atoms with E-state index in [1.54, 1.807) is 15.3 Å². The van der Waals surface area contributed by atoms with Gasteiger partial charge in [-0.3, -0.25) is 4.79 Å². The molecule has 2 aromatic heterocycles. The molecule has 0 radical (unpaired) electrons. The molecule has 2 heterocycles. The van der Waals surface area contributed by atoms with Gasteiger partial charge in [-0.15, -0.1) is 0 Å². The van der Waals surface area contributed by atoms with Gasteiger partial charge in [-0.2, -0.15) is 5.10 Å². The van der Waals surface area contributed by atoms with Gasteiger partial charge in [0.05, 0.1) is 5.69 Å². The molecular formula is C12H18N4O. The molecule has 0 saturated heterocycles. The maximum Gasteiger partial charge on any atom is 0.276 e. The molecule has 0 aliphatic rings. The largest absolute Gasteiger partial charge is 0.319 e. The van der Waals surface area contributed by atoms with Crippen molar-refractivity contribution in [1.29, 1.82) is 0 Å². The predicted molar refractivity (Wildman–Crippen MR) is 67.3 cm³/mol. The van der Waals surface area contributed by atoms with Gasteiger partial charge in [0.25, 0.3) is 5.56 Å². The Kier molecular flexibility index (Phi) is 3.28. The molecule has 0 fully saturated rings. The van der Waals surface area contributed by atoms with Gasteiger partial charge < -0.3 is 9.88 Å².